The minimum atomic E-state index is -3.05. The number of nitrogens with two attached hydrogens (primary N) is 1. The number of hydrogen-bond donors (Lipinski definition) is 3. The molecule has 4 N–H and O–H groups in total. The van der Waals surface area contributed by atoms with E-state index in [9.17, 15) is 13.2 Å². The van der Waals surface area contributed by atoms with Crippen LogP contribution in [0.3, 0.4) is 0 Å². The van der Waals surface area contributed by atoms with Gasteiger partial charge in [0.15, 0.2) is 15.5 Å². The van der Waals surface area contributed by atoms with Crippen molar-refractivity contribution in [2.24, 2.45) is 5.73 Å². The van der Waals surface area contributed by atoms with Crippen LogP contribution in [0.25, 0.3) is 22.3 Å². The van der Waals surface area contributed by atoms with Gasteiger partial charge in [-0.2, -0.15) is 0 Å². The largest absolute Gasteiger partial charge is 0.365 e. The lowest BCUT2D eigenvalue weighted by Gasteiger charge is -2.23. The Kier molecular flexibility index (Phi) is 4.54. The molecule has 1 amide bonds. The van der Waals surface area contributed by atoms with E-state index in [4.69, 9.17) is 5.73 Å². The first-order chi connectivity index (χ1) is 13.3. The minimum absolute atomic E-state index is 0.0603. The van der Waals surface area contributed by atoms with Crippen molar-refractivity contribution in [2.75, 3.05) is 16.8 Å². The number of rotatable bonds is 4. The molecule has 0 aliphatic carbocycles. The summed E-state index contributed by atoms with van der Waals surface area (Å²) in [6, 6.07) is 7.64. The third-order valence-corrected chi connectivity index (χ3v) is 6.67. The number of amides is 1. The van der Waals surface area contributed by atoms with Gasteiger partial charge in [-0.25, -0.2) is 18.4 Å². The number of nitrogens with zero attached hydrogens (tertiary/aromatic N) is 2. The van der Waals surface area contributed by atoms with Crippen LogP contribution in [-0.4, -0.2) is 46.8 Å². The van der Waals surface area contributed by atoms with E-state index in [0.29, 0.717) is 23.6 Å². The molecule has 0 bridgehead atoms. The van der Waals surface area contributed by atoms with Crippen molar-refractivity contribution in [3.8, 4) is 11.4 Å². The van der Waals surface area contributed by atoms with Gasteiger partial charge in [0.2, 0.25) is 0 Å². The molecule has 4 rings (SSSR count). The zero-order chi connectivity index (χ0) is 19.9. The first kappa shape index (κ1) is 18.4. The van der Waals surface area contributed by atoms with Crippen molar-refractivity contribution in [1.29, 1.82) is 0 Å². The van der Waals surface area contributed by atoms with Gasteiger partial charge in [0, 0.05) is 16.9 Å². The highest BCUT2D eigenvalue weighted by atomic mass is 32.2. The summed E-state index contributed by atoms with van der Waals surface area (Å²) < 4.78 is 23.7. The van der Waals surface area contributed by atoms with Crippen LogP contribution in [-0.2, 0) is 9.84 Å². The van der Waals surface area contributed by atoms with Gasteiger partial charge in [-0.1, -0.05) is 11.6 Å². The van der Waals surface area contributed by atoms with Crippen LogP contribution in [0.1, 0.15) is 28.9 Å². The van der Waals surface area contributed by atoms with E-state index in [0.717, 1.165) is 22.9 Å². The zero-order valence-electron chi connectivity index (χ0n) is 15.4. The standard InChI is InChI=1S/C19H21N5O3S/c1-11-4-5-14-12(7-11)8-15(23-14)17-18(19(20)25)21-9-16(24-17)22-13-3-2-6-28(26,27)10-13/h4-5,7-9,13,23H,2-3,6,10H2,1H3,(H2,20,25)(H,22,24)/t13-/m0/s1. The second-order valence-corrected chi connectivity index (χ2v) is 9.42. The molecule has 0 radical (unpaired) electrons. The molecular formula is C19H21N5O3S. The smallest absolute Gasteiger partial charge is 0.269 e. The number of aromatic amines is 1. The Labute approximate surface area is 162 Å². The lowest BCUT2D eigenvalue weighted by molar-refractivity contribution is 0.0996. The van der Waals surface area contributed by atoms with E-state index in [1.807, 2.05) is 31.2 Å². The Morgan fingerprint density at radius 2 is 2.14 bits per heavy atom. The summed E-state index contributed by atoms with van der Waals surface area (Å²) in [7, 11) is -3.05. The number of fused-ring (bicyclic) bond motifs is 1. The second-order valence-electron chi connectivity index (χ2n) is 7.19. The van der Waals surface area contributed by atoms with Gasteiger partial charge in [0.05, 0.1) is 23.4 Å². The van der Waals surface area contributed by atoms with E-state index in [-0.39, 0.29) is 23.2 Å². The van der Waals surface area contributed by atoms with Gasteiger partial charge in [-0.3, -0.25) is 4.79 Å². The summed E-state index contributed by atoms with van der Waals surface area (Å²) in [5.74, 6) is 0.0193. The number of hydrogen-bond acceptors (Lipinski definition) is 6. The van der Waals surface area contributed by atoms with Gasteiger partial charge in [0.25, 0.3) is 5.91 Å². The van der Waals surface area contributed by atoms with Crippen molar-refractivity contribution in [1.82, 2.24) is 15.0 Å². The number of anilines is 1. The number of carbonyl (C=O) groups excluding carboxylic acids is 1. The third-order valence-electron chi connectivity index (χ3n) is 4.85. The number of carbonyl (C=O) groups is 1. The number of sulfone groups is 1. The molecule has 3 heterocycles. The highest BCUT2D eigenvalue weighted by molar-refractivity contribution is 7.91. The lowest BCUT2D eigenvalue weighted by Crippen LogP contribution is -2.35. The molecule has 3 aromatic rings. The van der Waals surface area contributed by atoms with Gasteiger partial charge in [0.1, 0.15) is 11.5 Å². The van der Waals surface area contributed by atoms with E-state index in [1.165, 1.54) is 6.20 Å². The van der Waals surface area contributed by atoms with E-state index in [2.05, 4.69) is 20.3 Å². The predicted molar refractivity (Wildman–Crippen MR) is 108 cm³/mol. The summed E-state index contributed by atoms with van der Waals surface area (Å²) in [5.41, 5.74) is 8.54. The van der Waals surface area contributed by atoms with E-state index >= 15 is 0 Å². The number of nitrogens with one attached hydrogen (secondary N) is 2. The van der Waals surface area contributed by atoms with Crippen LogP contribution >= 0.6 is 0 Å². The number of H-pyrrole nitrogens is 1. The molecule has 1 aliphatic heterocycles. The highest BCUT2D eigenvalue weighted by Crippen LogP contribution is 2.27. The molecule has 0 unspecified atom stereocenters. The highest BCUT2D eigenvalue weighted by Gasteiger charge is 2.25. The van der Waals surface area contributed by atoms with Crippen LogP contribution in [0.5, 0.6) is 0 Å². The molecule has 0 spiro atoms. The first-order valence-corrected chi connectivity index (χ1v) is 10.9. The van der Waals surface area contributed by atoms with Crippen LogP contribution in [0.4, 0.5) is 5.82 Å². The maximum atomic E-state index is 11.9. The fourth-order valence-corrected chi connectivity index (χ4v) is 5.19. The average molecular weight is 399 g/mol. The zero-order valence-corrected chi connectivity index (χ0v) is 16.2. The molecule has 1 fully saturated rings. The van der Waals surface area contributed by atoms with Crippen LogP contribution < -0.4 is 11.1 Å². The van der Waals surface area contributed by atoms with Crippen molar-refractivity contribution in [2.45, 2.75) is 25.8 Å². The monoisotopic (exact) mass is 399 g/mol. The van der Waals surface area contributed by atoms with Crippen LogP contribution in [0, 0.1) is 6.92 Å². The third kappa shape index (κ3) is 3.70. The average Bonchev–Trinajstić information content (AvgIpc) is 3.03. The molecule has 9 heteroatoms. The Morgan fingerprint density at radius 3 is 2.89 bits per heavy atom. The Bertz CT molecular complexity index is 1170. The Balaban J connectivity index is 1.72. The molecule has 1 atom stereocenters. The van der Waals surface area contributed by atoms with Gasteiger partial charge >= 0.3 is 0 Å². The number of primary amides is 1. The molecule has 1 aromatic carbocycles. The summed E-state index contributed by atoms with van der Waals surface area (Å²) in [6.45, 7) is 2.00. The van der Waals surface area contributed by atoms with E-state index in [1.54, 1.807) is 0 Å². The fraction of sp³-hybridized carbons (Fsp3) is 0.316. The summed E-state index contributed by atoms with van der Waals surface area (Å²) in [4.78, 5) is 23.8. The fourth-order valence-electron chi connectivity index (χ4n) is 3.55. The molecule has 1 aliphatic rings. The molecule has 146 valence electrons. The topological polar surface area (TPSA) is 131 Å². The number of benzene rings is 1. The van der Waals surface area contributed by atoms with Gasteiger partial charge in [-0.05, 0) is 38.0 Å². The normalized spacial score (nSPS) is 18.8. The van der Waals surface area contributed by atoms with Crippen molar-refractivity contribution in [3.05, 3.63) is 41.7 Å². The molecular weight excluding hydrogens is 378 g/mol. The van der Waals surface area contributed by atoms with Gasteiger partial charge < -0.3 is 16.0 Å². The number of aryl methyl sites for hydroxylation is 1. The number of aromatic nitrogens is 3. The summed E-state index contributed by atoms with van der Waals surface area (Å²) in [6.07, 6.45) is 2.76. The SMILES string of the molecule is Cc1ccc2[nH]c(-c3nc(N[C@H]4CCCS(=O)(=O)C4)cnc3C(N)=O)cc2c1. The van der Waals surface area contributed by atoms with Gasteiger partial charge in [-0.15, -0.1) is 0 Å². The predicted octanol–water partition coefficient (Wildman–Crippen LogP) is 2.02. The van der Waals surface area contributed by atoms with Crippen molar-refractivity contribution >= 4 is 32.5 Å². The van der Waals surface area contributed by atoms with E-state index < -0.39 is 15.7 Å². The molecule has 28 heavy (non-hydrogen) atoms. The Hall–Kier alpha value is -2.94. The molecule has 0 saturated carbocycles. The maximum absolute atomic E-state index is 11.9. The molecule has 2 aromatic heterocycles. The van der Waals surface area contributed by atoms with Crippen molar-refractivity contribution in [3.63, 3.8) is 0 Å². The second kappa shape index (κ2) is 6.90. The molecule has 8 nitrogen and oxygen atoms in total. The minimum Gasteiger partial charge on any atom is -0.365 e. The molecule has 1 saturated heterocycles. The van der Waals surface area contributed by atoms with Crippen molar-refractivity contribution < 1.29 is 13.2 Å². The summed E-state index contributed by atoms with van der Waals surface area (Å²) in [5, 5.41) is 4.13. The van der Waals surface area contributed by atoms with Crippen LogP contribution in [0.2, 0.25) is 0 Å². The Morgan fingerprint density at radius 1 is 1.32 bits per heavy atom. The maximum Gasteiger partial charge on any atom is 0.269 e. The summed E-state index contributed by atoms with van der Waals surface area (Å²) >= 11 is 0. The quantitative estimate of drug-likeness (QED) is 0.615. The first-order valence-electron chi connectivity index (χ1n) is 9.04. The lowest BCUT2D eigenvalue weighted by atomic mass is 10.1. The van der Waals surface area contributed by atoms with Crippen LogP contribution in [0.15, 0.2) is 30.5 Å².